The summed E-state index contributed by atoms with van der Waals surface area (Å²) in [5, 5.41) is 0. The summed E-state index contributed by atoms with van der Waals surface area (Å²) in [4.78, 5) is 0. The van der Waals surface area contributed by atoms with Crippen molar-refractivity contribution >= 4 is 5.57 Å². The van der Waals surface area contributed by atoms with E-state index in [-0.39, 0.29) is 0 Å². The Balaban J connectivity index is 1.68. The highest BCUT2D eigenvalue weighted by Gasteiger charge is 2.33. The molecule has 0 aliphatic heterocycles. The second-order valence-electron chi connectivity index (χ2n) is 7.00. The number of rotatable bonds is 4. The minimum atomic E-state index is 0.675. The van der Waals surface area contributed by atoms with Gasteiger partial charge in [0.2, 0.25) is 0 Å². The molecule has 3 unspecified atom stereocenters. The average molecular weight is 292 g/mol. The third-order valence-electron chi connectivity index (χ3n) is 5.68. The van der Waals surface area contributed by atoms with Crippen molar-refractivity contribution in [3.05, 3.63) is 65.8 Å². The predicted octanol–water partition coefficient (Wildman–Crippen LogP) is 6.20. The Kier molecular flexibility index (Phi) is 4.66. The van der Waals surface area contributed by atoms with Crippen molar-refractivity contribution in [1.29, 1.82) is 0 Å². The molecule has 3 atom stereocenters. The number of allylic oxidation sites excluding steroid dienone is 5. The zero-order valence-corrected chi connectivity index (χ0v) is 14.0. The molecular weight excluding hydrogens is 264 g/mol. The van der Waals surface area contributed by atoms with E-state index in [4.69, 9.17) is 0 Å². The van der Waals surface area contributed by atoms with Crippen molar-refractivity contribution < 1.29 is 0 Å². The molecule has 1 aromatic rings. The van der Waals surface area contributed by atoms with Crippen molar-refractivity contribution in [2.45, 2.75) is 46.0 Å². The van der Waals surface area contributed by atoms with Gasteiger partial charge in [0, 0.05) is 0 Å². The summed E-state index contributed by atoms with van der Waals surface area (Å²) >= 11 is 0. The smallest absolute Gasteiger partial charge is 0.0187 e. The van der Waals surface area contributed by atoms with Crippen LogP contribution in [0.4, 0.5) is 0 Å². The van der Waals surface area contributed by atoms with Crippen LogP contribution < -0.4 is 0 Å². The molecule has 0 nitrogen and oxygen atoms in total. The largest absolute Gasteiger partial charge is 0.0993 e. The zero-order chi connectivity index (χ0) is 15.5. The normalized spacial score (nSPS) is 28.0. The maximum absolute atomic E-state index is 4.34. The van der Waals surface area contributed by atoms with Gasteiger partial charge in [-0.3, -0.25) is 0 Å². The maximum atomic E-state index is 4.34. The van der Waals surface area contributed by atoms with Gasteiger partial charge in [0.1, 0.15) is 0 Å². The van der Waals surface area contributed by atoms with E-state index in [2.05, 4.69) is 62.9 Å². The van der Waals surface area contributed by atoms with E-state index in [0.717, 1.165) is 11.8 Å². The van der Waals surface area contributed by atoms with Crippen molar-refractivity contribution in [2.24, 2.45) is 17.8 Å². The third-order valence-corrected chi connectivity index (χ3v) is 5.68. The van der Waals surface area contributed by atoms with Gasteiger partial charge in [-0.15, -0.1) is 0 Å². The molecule has 116 valence electrons. The van der Waals surface area contributed by atoms with Gasteiger partial charge in [-0.2, -0.15) is 0 Å². The first-order valence-corrected chi connectivity index (χ1v) is 8.83. The Morgan fingerprint density at radius 2 is 1.91 bits per heavy atom. The molecule has 1 aromatic carbocycles. The van der Waals surface area contributed by atoms with Gasteiger partial charge in [-0.1, -0.05) is 68.5 Å². The van der Waals surface area contributed by atoms with E-state index in [0.29, 0.717) is 5.92 Å². The van der Waals surface area contributed by atoms with Gasteiger partial charge in [0.25, 0.3) is 0 Å². The van der Waals surface area contributed by atoms with Crippen LogP contribution in [-0.2, 0) is 6.42 Å². The molecule has 0 heteroatoms. The Morgan fingerprint density at radius 1 is 1.14 bits per heavy atom. The molecule has 0 aromatic heterocycles. The van der Waals surface area contributed by atoms with Crippen molar-refractivity contribution in [2.75, 3.05) is 0 Å². The Bertz CT molecular complexity index is 585. The van der Waals surface area contributed by atoms with E-state index in [1.54, 1.807) is 0 Å². The topological polar surface area (TPSA) is 0 Å². The summed E-state index contributed by atoms with van der Waals surface area (Å²) in [5.74, 6) is 2.20. The molecule has 3 rings (SSSR count). The molecule has 0 spiro atoms. The molecule has 0 heterocycles. The van der Waals surface area contributed by atoms with Crippen LogP contribution in [0.5, 0.6) is 0 Å². The quantitative estimate of drug-likeness (QED) is 0.579. The molecule has 0 amide bonds. The minimum absolute atomic E-state index is 0.675. The van der Waals surface area contributed by atoms with Crippen molar-refractivity contribution in [3.8, 4) is 0 Å². The first-order chi connectivity index (χ1) is 10.7. The van der Waals surface area contributed by atoms with Crippen LogP contribution in [0.1, 0.15) is 50.7 Å². The van der Waals surface area contributed by atoms with Crippen LogP contribution in [0.2, 0.25) is 0 Å². The van der Waals surface area contributed by atoms with Gasteiger partial charge in [-0.05, 0) is 66.6 Å². The van der Waals surface area contributed by atoms with Crippen LogP contribution in [0.15, 0.2) is 54.6 Å². The Hall–Kier alpha value is -1.56. The van der Waals surface area contributed by atoms with Gasteiger partial charge in [-0.25, -0.2) is 0 Å². The Morgan fingerprint density at radius 3 is 2.50 bits per heavy atom. The van der Waals surface area contributed by atoms with E-state index in [1.807, 2.05) is 0 Å². The molecule has 0 bridgehead atoms. The van der Waals surface area contributed by atoms with Crippen molar-refractivity contribution in [3.63, 3.8) is 0 Å². The molecule has 2 aliphatic carbocycles. The van der Waals surface area contributed by atoms with Crippen LogP contribution in [0.3, 0.4) is 0 Å². The fraction of sp³-hybridized carbons (Fsp3) is 0.455. The maximum Gasteiger partial charge on any atom is -0.0187 e. The highest BCUT2D eigenvalue weighted by molar-refractivity contribution is 5.74. The molecule has 22 heavy (non-hydrogen) atoms. The fourth-order valence-corrected chi connectivity index (χ4v) is 4.05. The summed E-state index contributed by atoms with van der Waals surface area (Å²) in [5.41, 5.74) is 5.70. The van der Waals surface area contributed by atoms with E-state index >= 15 is 0 Å². The molecule has 0 N–H and O–H groups in total. The minimum Gasteiger partial charge on any atom is -0.0993 e. The van der Waals surface area contributed by atoms with Gasteiger partial charge >= 0.3 is 0 Å². The number of hydrogen-bond donors (Lipinski definition) is 0. The van der Waals surface area contributed by atoms with E-state index < -0.39 is 0 Å². The highest BCUT2D eigenvalue weighted by Crippen LogP contribution is 2.43. The SMILES string of the molecule is C=C1C(CC)CC(Cc2ccc(C3=CCCC=C3)cc2)C1C. The van der Waals surface area contributed by atoms with Gasteiger partial charge in [0.15, 0.2) is 0 Å². The lowest BCUT2D eigenvalue weighted by Gasteiger charge is -2.16. The predicted molar refractivity (Wildman–Crippen MR) is 96.7 cm³/mol. The summed E-state index contributed by atoms with van der Waals surface area (Å²) in [6.45, 7) is 9.01. The molecular formula is C22H28. The average Bonchev–Trinajstić information content (AvgIpc) is 2.84. The molecule has 0 radical (unpaired) electrons. The first kappa shape index (κ1) is 15.3. The lowest BCUT2D eigenvalue weighted by molar-refractivity contribution is 0.428. The second-order valence-corrected chi connectivity index (χ2v) is 7.00. The zero-order valence-electron chi connectivity index (χ0n) is 14.0. The van der Waals surface area contributed by atoms with E-state index in [9.17, 15) is 0 Å². The Labute approximate surface area is 135 Å². The van der Waals surface area contributed by atoms with Crippen LogP contribution in [0, 0.1) is 17.8 Å². The number of benzene rings is 1. The summed E-state index contributed by atoms with van der Waals surface area (Å²) in [7, 11) is 0. The van der Waals surface area contributed by atoms with Crippen molar-refractivity contribution in [1.82, 2.24) is 0 Å². The lowest BCUT2D eigenvalue weighted by atomic mass is 9.89. The summed E-state index contributed by atoms with van der Waals surface area (Å²) in [6, 6.07) is 9.24. The lowest BCUT2D eigenvalue weighted by Crippen LogP contribution is -2.08. The van der Waals surface area contributed by atoms with E-state index in [1.165, 1.54) is 54.4 Å². The van der Waals surface area contributed by atoms with Gasteiger partial charge in [0.05, 0.1) is 0 Å². The standard InChI is InChI=1S/C22H28/c1-4-19-15-22(17(3)16(19)2)14-18-10-12-21(13-11-18)20-8-6-5-7-9-20/h6,8-13,17,19,22H,2,4-5,7,14-15H2,1,3H3. The first-order valence-electron chi connectivity index (χ1n) is 8.83. The molecule has 1 fully saturated rings. The van der Waals surface area contributed by atoms with Crippen LogP contribution in [-0.4, -0.2) is 0 Å². The molecule has 2 aliphatic rings. The fourth-order valence-electron chi connectivity index (χ4n) is 4.05. The van der Waals surface area contributed by atoms with Gasteiger partial charge < -0.3 is 0 Å². The second kappa shape index (κ2) is 6.69. The third kappa shape index (κ3) is 3.11. The monoisotopic (exact) mass is 292 g/mol. The highest BCUT2D eigenvalue weighted by atomic mass is 14.4. The summed E-state index contributed by atoms with van der Waals surface area (Å²) in [6.07, 6.45) is 13.0. The van der Waals surface area contributed by atoms with Crippen LogP contribution >= 0.6 is 0 Å². The summed E-state index contributed by atoms with van der Waals surface area (Å²) < 4.78 is 0. The molecule has 1 saturated carbocycles. The molecule has 0 saturated heterocycles. The number of hydrogen-bond acceptors (Lipinski definition) is 0. The van der Waals surface area contributed by atoms with Crippen LogP contribution in [0.25, 0.3) is 5.57 Å².